The molecule has 0 amide bonds. The maximum absolute atomic E-state index is 16.1. The second-order valence-corrected chi connectivity index (χ2v) is 9.30. The molecular formula is C19H17F4NaO3S2. The number of hydrogen-bond acceptors (Lipinski definition) is 2. The summed E-state index contributed by atoms with van der Waals surface area (Å²) in [7, 11) is -8.52. The summed E-state index contributed by atoms with van der Waals surface area (Å²) >= 11 is 0. The van der Waals surface area contributed by atoms with Gasteiger partial charge in [0.2, 0.25) is 0 Å². The molecule has 0 spiro atoms. The fourth-order valence-electron chi connectivity index (χ4n) is 2.23. The van der Waals surface area contributed by atoms with Crippen LogP contribution < -0.4 is 0 Å². The van der Waals surface area contributed by atoms with Crippen molar-refractivity contribution < 1.29 is 30.0 Å². The molecule has 0 saturated carbocycles. The summed E-state index contributed by atoms with van der Waals surface area (Å²) in [5.74, 6) is 0. The van der Waals surface area contributed by atoms with Gasteiger partial charge in [-0.15, -0.1) is 0 Å². The Labute approximate surface area is 190 Å². The average Bonchev–Trinajstić information content (AvgIpc) is 2.68. The Morgan fingerprint density at radius 3 is 1.00 bits per heavy atom. The molecule has 10 heteroatoms. The van der Waals surface area contributed by atoms with E-state index < -0.39 is 26.0 Å². The fraction of sp³-hybridized carbons (Fsp3) is 0.0526. The van der Waals surface area contributed by atoms with Gasteiger partial charge in [0.05, 0.1) is 0 Å². The summed E-state index contributed by atoms with van der Waals surface area (Å²) in [5, 5.41) is 0. The first-order chi connectivity index (χ1) is 13.1. The molecule has 3 nitrogen and oxygen atoms in total. The van der Waals surface area contributed by atoms with Gasteiger partial charge >= 0.3 is 45.2 Å². The van der Waals surface area contributed by atoms with Gasteiger partial charge in [-0.2, -0.15) is 25.5 Å². The monoisotopic (exact) mass is 456 g/mol. The van der Waals surface area contributed by atoms with E-state index in [4.69, 9.17) is 13.0 Å². The Hall–Kier alpha value is -1.36. The van der Waals surface area contributed by atoms with E-state index in [9.17, 15) is 13.2 Å². The molecule has 3 aromatic rings. The predicted octanol–water partition coefficient (Wildman–Crippen LogP) is 5.60. The molecule has 0 radical (unpaired) electrons. The van der Waals surface area contributed by atoms with Crippen LogP contribution in [0, 0.1) is 0 Å². The molecule has 0 aromatic heterocycles. The summed E-state index contributed by atoms with van der Waals surface area (Å²) in [6.45, 7) is 0. The molecule has 3 rings (SSSR count). The van der Waals surface area contributed by atoms with E-state index in [1.807, 2.05) is 91.0 Å². The maximum atomic E-state index is 16.1. The number of alkyl halides is 3. The van der Waals surface area contributed by atoms with Crippen molar-refractivity contribution in [2.24, 2.45) is 0 Å². The first-order valence-corrected chi connectivity index (χ1v) is 10.8. The second-order valence-electron chi connectivity index (χ2n) is 5.40. The molecule has 0 aliphatic rings. The van der Waals surface area contributed by atoms with Gasteiger partial charge in [0.15, 0.2) is 0 Å². The fourth-order valence-corrected chi connectivity index (χ4v) is 4.65. The van der Waals surface area contributed by atoms with Crippen LogP contribution in [0.3, 0.4) is 0 Å². The summed E-state index contributed by atoms with van der Waals surface area (Å²) in [6, 6.07) is 28.3. The van der Waals surface area contributed by atoms with Crippen LogP contribution in [0.5, 0.6) is 0 Å². The zero-order chi connectivity index (χ0) is 20.8. The van der Waals surface area contributed by atoms with Crippen molar-refractivity contribution in [1.29, 1.82) is 0 Å². The van der Waals surface area contributed by atoms with Crippen molar-refractivity contribution in [1.82, 2.24) is 0 Å². The Kier molecular flexibility index (Phi) is 9.39. The van der Waals surface area contributed by atoms with Crippen LogP contribution >= 0.6 is 10.4 Å². The Bertz CT molecular complexity index is 888. The van der Waals surface area contributed by atoms with Crippen LogP contribution in [0.15, 0.2) is 106 Å². The first kappa shape index (κ1) is 25.7. The van der Waals surface area contributed by atoms with Crippen molar-refractivity contribution in [3.8, 4) is 0 Å². The number of halogens is 4. The molecule has 0 unspecified atom stereocenters. The van der Waals surface area contributed by atoms with Crippen molar-refractivity contribution >= 4 is 50.1 Å². The van der Waals surface area contributed by atoms with E-state index in [1.165, 1.54) is 0 Å². The average molecular weight is 456 g/mol. The van der Waals surface area contributed by atoms with Gasteiger partial charge in [-0.1, -0.05) is 54.6 Å². The van der Waals surface area contributed by atoms with Crippen LogP contribution in [0.4, 0.5) is 17.1 Å². The van der Waals surface area contributed by atoms with Crippen LogP contribution in [0.2, 0.25) is 0 Å². The molecule has 0 aliphatic carbocycles. The second kappa shape index (κ2) is 10.6. The summed E-state index contributed by atoms with van der Waals surface area (Å²) < 4.78 is 73.6. The van der Waals surface area contributed by atoms with Gasteiger partial charge in [-0.05, 0) is 46.8 Å². The van der Waals surface area contributed by atoms with E-state index in [1.54, 1.807) is 0 Å². The molecule has 0 atom stereocenters. The van der Waals surface area contributed by atoms with Gasteiger partial charge in [-0.3, -0.25) is 4.55 Å². The molecule has 0 aliphatic heterocycles. The topological polar surface area (TPSA) is 54.4 Å². The van der Waals surface area contributed by atoms with E-state index in [2.05, 4.69) is 0 Å². The Morgan fingerprint density at radius 2 is 0.828 bits per heavy atom. The molecule has 1 N–H and O–H groups in total. The molecule has 152 valence electrons. The summed E-state index contributed by atoms with van der Waals surface area (Å²) in [4.78, 5) is 2.20. The van der Waals surface area contributed by atoms with Crippen LogP contribution in [0.1, 0.15) is 0 Å². The van der Waals surface area contributed by atoms with Gasteiger partial charge in [0.25, 0.3) is 0 Å². The number of rotatable bonds is 3. The third kappa shape index (κ3) is 6.56. The summed E-state index contributed by atoms with van der Waals surface area (Å²) in [6.07, 6.45) is 0. The van der Waals surface area contributed by atoms with Crippen molar-refractivity contribution in [2.45, 2.75) is 20.2 Å². The molecule has 29 heavy (non-hydrogen) atoms. The van der Waals surface area contributed by atoms with E-state index in [0.717, 1.165) is 14.7 Å². The SMILES string of the molecule is FS(c1ccccc1)(c1ccccc1)c1ccccc1.O=S(=O)(O)C(F)(F)F.[NaH]. The summed E-state index contributed by atoms with van der Waals surface area (Å²) in [5.41, 5.74) is -5.53. The van der Waals surface area contributed by atoms with Crippen LogP contribution in [-0.4, -0.2) is 48.0 Å². The molecular weight excluding hydrogens is 439 g/mol. The van der Waals surface area contributed by atoms with Gasteiger partial charge < -0.3 is 0 Å². The zero-order valence-corrected chi connectivity index (χ0v) is 15.9. The number of benzene rings is 3. The van der Waals surface area contributed by atoms with Crippen molar-refractivity contribution in [3.05, 3.63) is 91.0 Å². The van der Waals surface area contributed by atoms with Crippen LogP contribution in [0.25, 0.3) is 0 Å². The first-order valence-electron chi connectivity index (χ1n) is 7.79. The molecule has 0 fully saturated rings. The number of hydrogen-bond donors (Lipinski definition) is 1. The predicted molar refractivity (Wildman–Crippen MR) is 108 cm³/mol. The van der Waals surface area contributed by atoms with Crippen molar-refractivity contribution in [2.75, 3.05) is 0 Å². The molecule has 0 heterocycles. The van der Waals surface area contributed by atoms with Gasteiger partial charge in [0.1, 0.15) is 0 Å². The van der Waals surface area contributed by atoms with E-state index in [-0.39, 0.29) is 29.6 Å². The third-order valence-electron chi connectivity index (χ3n) is 3.50. The quantitative estimate of drug-likeness (QED) is 0.242. The van der Waals surface area contributed by atoms with Gasteiger partial charge in [-0.25, -0.2) is 0 Å². The van der Waals surface area contributed by atoms with E-state index in [0.29, 0.717) is 0 Å². The third-order valence-corrected chi connectivity index (χ3v) is 6.85. The minimum absolute atomic E-state index is 0. The zero-order valence-electron chi connectivity index (χ0n) is 14.3. The Balaban J connectivity index is 0.000000403. The standard InChI is InChI=1S/C18H15FS.CHF3O3S.Na.H/c19-20(16-10-4-1-5-11-16,17-12-6-2-7-13-17)18-14-8-3-9-15-18;2-1(3,4)8(5,6)7;;/h1-15H;(H,5,6,7);;. The molecule has 0 bridgehead atoms. The Morgan fingerprint density at radius 1 is 0.621 bits per heavy atom. The molecule has 0 saturated heterocycles. The normalized spacial score (nSPS) is 12.2. The van der Waals surface area contributed by atoms with Gasteiger partial charge in [0, 0.05) is 14.7 Å². The van der Waals surface area contributed by atoms with Crippen molar-refractivity contribution in [3.63, 3.8) is 0 Å². The molecule has 3 aromatic carbocycles. The minimum atomic E-state index is -5.84. The van der Waals surface area contributed by atoms with Crippen LogP contribution in [-0.2, 0) is 10.1 Å². The van der Waals surface area contributed by atoms with E-state index >= 15 is 3.89 Å².